The quantitative estimate of drug-likeness (QED) is 0.456. The second-order valence-corrected chi connectivity index (χ2v) is 9.54. The molecule has 0 saturated carbocycles. The summed E-state index contributed by atoms with van der Waals surface area (Å²) in [4.78, 5) is 25.4. The fraction of sp³-hybridized carbons (Fsp3) is 0.318. The average molecular weight is 423 g/mol. The Morgan fingerprint density at radius 1 is 1.24 bits per heavy atom. The fourth-order valence-corrected chi connectivity index (χ4v) is 6.23. The number of pyridine rings is 1. The van der Waals surface area contributed by atoms with Crippen LogP contribution in [0.15, 0.2) is 42.0 Å². The van der Waals surface area contributed by atoms with Crippen molar-refractivity contribution in [2.75, 3.05) is 11.9 Å². The van der Waals surface area contributed by atoms with Gasteiger partial charge in [0.15, 0.2) is 0 Å². The molecule has 0 aliphatic carbocycles. The number of nitrogens with one attached hydrogen (secondary N) is 1. The largest absolute Gasteiger partial charge is 0.355 e. The van der Waals surface area contributed by atoms with Gasteiger partial charge in [-0.3, -0.25) is 4.79 Å². The van der Waals surface area contributed by atoms with Crippen LogP contribution in [0.1, 0.15) is 37.5 Å². The maximum Gasteiger partial charge on any atom is 0.219 e. The molecule has 3 aromatic heterocycles. The third kappa shape index (κ3) is 3.38. The van der Waals surface area contributed by atoms with Crippen LogP contribution in [-0.4, -0.2) is 33.4 Å². The summed E-state index contributed by atoms with van der Waals surface area (Å²) in [5.74, 6) is 0.535. The van der Waals surface area contributed by atoms with Crippen molar-refractivity contribution in [1.29, 1.82) is 0 Å². The summed E-state index contributed by atoms with van der Waals surface area (Å²) < 4.78 is 1.19. The van der Waals surface area contributed by atoms with Crippen molar-refractivity contribution in [3.63, 3.8) is 0 Å². The van der Waals surface area contributed by atoms with E-state index in [4.69, 9.17) is 0 Å². The van der Waals surface area contributed by atoms with E-state index in [9.17, 15) is 4.79 Å². The van der Waals surface area contributed by atoms with Crippen molar-refractivity contribution < 1.29 is 4.79 Å². The molecule has 2 atom stereocenters. The first kappa shape index (κ1) is 18.5. The Kier molecular flexibility index (Phi) is 4.72. The Hall–Kier alpha value is -2.51. The van der Waals surface area contributed by atoms with Gasteiger partial charge in [-0.1, -0.05) is 0 Å². The van der Waals surface area contributed by atoms with Crippen molar-refractivity contribution in [2.45, 2.75) is 38.6 Å². The molecule has 29 heavy (non-hydrogen) atoms. The predicted molar refractivity (Wildman–Crippen MR) is 121 cm³/mol. The highest BCUT2D eigenvalue weighted by Gasteiger charge is 2.31. The third-order valence-electron chi connectivity index (χ3n) is 5.82. The second-order valence-electron chi connectivity index (χ2n) is 7.59. The lowest BCUT2D eigenvalue weighted by atomic mass is 9.88. The van der Waals surface area contributed by atoms with Gasteiger partial charge in [0.05, 0.1) is 21.4 Å². The maximum atomic E-state index is 12.0. The van der Waals surface area contributed by atoms with Crippen molar-refractivity contribution in [2.24, 2.45) is 0 Å². The van der Waals surface area contributed by atoms with Crippen molar-refractivity contribution in [1.82, 2.24) is 14.9 Å². The smallest absolute Gasteiger partial charge is 0.219 e. The number of piperidine rings is 1. The van der Waals surface area contributed by atoms with Gasteiger partial charge in [-0.25, -0.2) is 9.97 Å². The van der Waals surface area contributed by atoms with Crippen LogP contribution >= 0.6 is 22.7 Å². The number of carbonyl (C=O) groups excluding carboxylic acids is 1. The molecular formula is C22H22N4OS2. The summed E-state index contributed by atoms with van der Waals surface area (Å²) >= 11 is 3.40. The molecule has 0 radical (unpaired) electrons. The molecule has 1 N–H and O–H groups in total. The number of fused-ring (bicyclic) bond motifs is 2. The fourth-order valence-electron chi connectivity index (χ4n) is 4.31. The summed E-state index contributed by atoms with van der Waals surface area (Å²) in [5.41, 5.74) is 4.97. The molecule has 4 aromatic rings. The third-order valence-corrected chi connectivity index (χ3v) is 7.81. The van der Waals surface area contributed by atoms with E-state index in [2.05, 4.69) is 46.5 Å². The summed E-state index contributed by atoms with van der Waals surface area (Å²) in [6.07, 6.45) is 4.02. The molecule has 1 fully saturated rings. The van der Waals surface area contributed by atoms with E-state index in [1.165, 1.54) is 9.58 Å². The van der Waals surface area contributed by atoms with Gasteiger partial charge in [0.1, 0.15) is 4.83 Å². The van der Waals surface area contributed by atoms with Gasteiger partial charge >= 0.3 is 0 Å². The van der Waals surface area contributed by atoms with Crippen molar-refractivity contribution in [3.05, 3.63) is 46.9 Å². The molecule has 1 aliphatic rings. The van der Waals surface area contributed by atoms with E-state index in [0.717, 1.165) is 46.5 Å². The first-order chi connectivity index (χ1) is 14.1. The molecule has 0 unspecified atom stereocenters. The first-order valence-electron chi connectivity index (χ1n) is 9.86. The molecule has 148 valence electrons. The number of carbonyl (C=O) groups is 1. The van der Waals surface area contributed by atoms with Gasteiger partial charge in [-0.15, -0.1) is 22.7 Å². The molecular weight excluding hydrogens is 400 g/mol. The van der Waals surface area contributed by atoms with Crippen LogP contribution in [-0.2, 0) is 4.79 Å². The minimum absolute atomic E-state index is 0.168. The number of likely N-dealkylation sites (tertiary alicyclic amines) is 1. The van der Waals surface area contributed by atoms with Gasteiger partial charge < -0.3 is 10.2 Å². The van der Waals surface area contributed by atoms with Crippen LogP contribution < -0.4 is 5.32 Å². The number of nitrogens with zero attached hydrogens (tertiary/aromatic N) is 3. The van der Waals surface area contributed by atoms with Gasteiger partial charge in [0.25, 0.3) is 0 Å². The second kappa shape index (κ2) is 7.39. The summed E-state index contributed by atoms with van der Waals surface area (Å²) in [6.45, 7) is 4.71. The minimum Gasteiger partial charge on any atom is -0.355 e. The van der Waals surface area contributed by atoms with Gasteiger partial charge in [-0.2, -0.15) is 0 Å². The highest BCUT2D eigenvalue weighted by atomic mass is 32.1. The zero-order chi connectivity index (χ0) is 20.0. The highest BCUT2D eigenvalue weighted by molar-refractivity contribution is 7.18. The number of benzene rings is 1. The van der Waals surface area contributed by atoms with E-state index in [0.29, 0.717) is 5.92 Å². The van der Waals surface area contributed by atoms with Crippen molar-refractivity contribution in [3.8, 4) is 0 Å². The summed E-state index contributed by atoms with van der Waals surface area (Å²) in [6, 6.07) is 10.8. The molecule has 5 nitrogen and oxygen atoms in total. The van der Waals surface area contributed by atoms with Crippen LogP contribution in [0.2, 0.25) is 0 Å². The number of aromatic nitrogens is 2. The zero-order valence-electron chi connectivity index (χ0n) is 16.4. The predicted octanol–water partition coefficient (Wildman–Crippen LogP) is 5.76. The van der Waals surface area contributed by atoms with E-state index in [1.807, 2.05) is 22.7 Å². The molecule has 1 aromatic carbocycles. The zero-order valence-corrected chi connectivity index (χ0v) is 18.0. The first-order valence-corrected chi connectivity index (χ1v) is 11.6. The monoisotopic (exact) mass is 422 g/mol. The SMILES string of the molecule is CC(=O)N1CCC[C@H](c2cc3c(Nc4ccc5scnc5c4)ccnc3s2)[C@@H]1C. The van der Waals surface area contributed by atoms with E-state index in [1.54, 1.807) is 29.6 Å². The highest BCUT2D eigenvalue weighted by Crippen LogP contribution is 2.40. The van der Waals surface area contributed by atoms with E-state index < -0.39 is 0 Å². The number of thiophene rings is 1. The number of amides is 1. The number of hydrogen-bond acceptors (Lipinski definition) is 6. The normalized spacial score (nSPS) is 19.7. The average Bonchev–Trinajstić information content (AvgIpc) is 3.34. The molecule has 5 rings (SSSR count). The maximum absolute atomic E-state index is 12.0. The van der Waals surface area contributed by atoms with Crippen LogP contribution in [0.25, 0.3) is 20.4 Å². The van der Waals surface area contributed by atoms with Crippen LogP contribution in [0.5, 0.6) is 0 Å². The van der Waals surface area contributed by atoms with Crippen LogP contribution in [0, 0.1) is 0 Å². The number of rotatable bonds is 3. The van der Waals surface area contributed by atoms with E-state index >= 15 is 0 Å². The molecule has 1 amide bonds. The van der Waals surface area contributed by atoms with Gasteiger partial charge in [-0.05, 0) is 50.1 Å². The Bertz CT molecular complexity index is 1200. The van der Waals surface area contributed by atoms with Crippen LogP contribution in [0.3, 0.4) is 0 Å². The molecule has 1 saturated heterocycles. The molecule has 7 heteroatoms. The lowest BCUT2D eigenvalue weighted by Gasteiger charge is -2.38. The lowest BCUT2D eigenvalue weighted by molar-refractivity contribution is -0.132. The summed E-state index contributed by atoms with van der Waals surface area (Å²) in [7, 11) is 0. The standard InChI is InChI=1S/C22H22N4OS2/c1-13-16(4-3-9-26(13)14(2)27)21-11-17-18(7-8-23-22(17)29-21)25-15-5-6-20-19(10-15)24-12-28-20/h5-8,10-13,16H,3-4,9H2,1-2H3,(H,23,25)/t13-,16-/m0/s1. The van der Waals surface area contributed by atoms with Crippen LogP contribution in [0.4, 0.5) is 11.4 Å². The molecule has 1 aliphatic heterocycles. The summed E-state index contributed by atoms with van der Waals surface area (Å²) in [5, 5.41) is 4.69. The van der Waals surface area contributed by atoms with E-state index in [-0.39, 0.29) is 11.9 Å². The Labute approximate surface area is 177 Å². The van der Waals surface area contributed by atoms with Gasteiger partial charge in [0.2, 0.25) is 5.91 Å². The van der Waals surface area contributed by atoms with Gasteiger partial charge in [0, 0.05) is 47.6 Å². The molecule has 4 heterocycles. The molecule has 0 spiro atoms. The number of thiazole rings is 1. The topological polar surface area (TPSA) is 58.1 Å². The molecule has 0 bridgehead atoms. The van der Waals surface area contributed by atoms with Crippen molar-refractivity contribution >= 4 is 60.4 Å². The number of hydrogen-bond donors (Lipinski definition) is 1. The number of anilines is 2. The minimum atomic E-state index is 0.168. The Morgan fingerprint density at radius 3 is 3.00 bits per heavy atom. The lowest BCUT2D eigenvalue weighted by Crippen LogP contribution is -2.44. The Balaban J connectivity index is 1.48. The Morgan fingerprint density at radius 2 is 2.14 bits per heavy atom.